The van der Waals surface area contributed by atoms with Gasteiger partial charge in [0.2, 0.25) is 0 Å². The molecule has 0 aromatic heterocycles. The maximum Gasteiger partial charge on any atom is 0.349 e. The minimum atomic E-state index is -3.76. The number of halogens is 2. The van der Waals surface area contributed by atoms with Crippen LogP contribution >= 0.6 is 0 Å². The van der Waals surface area contributed by atoms with Gasteiger partial charge < -0.3 is 10.4 Å². The van der Waals surface area contributed by atoms with Crippen LogP contribution in [0, 0.1) is 5.92 Å². The van der Waals surface area contributed by atoms with E-state index in [2.05, 4.69) is 0 Å². The average Bonchev–Trinajstić information content (AvgIpc) is 2.38. The molecule has 0 aliphatic heterocycles. The number of alkyl halides is 2. The Balaban J connectivity index is 2.85. The van der Waals surface area contributed by atoms with E-state index in [4.69, 9.17) is 5.11 Å². The third-order valence-corrected chi connectivity index (χ3v) is 2.73. The summed E-state index contributed by atoms with van der Waals surface area (Å²) in [6.07, 6.45) is 0.0892. The van der Waals surface area contributed by atoms with Crippen LogP contribution < -0.4 is 5.32 Å². The number of carboxylic acids is 1. The average molecular weight is 285 g/mol. The fraction of sp³-hybridized carbons (Fsp3) is 0.429. The topological polar surface area (TPSA) is 66.4 Å². The van der Waals surface area contributed by atoms with Gasteiger partial charge in [-0.2, -0.15) is 8.78 Å². The largest absolute Gasteiger partial charge is 0.480 e. The van der Waals surface area contributed by atoms with Crippen molar-refractivity contribution in [2.75, 3.05) is 0 Å². The Bertz CT molecular complexity index is 475. The number of benzene rings is 1. The summed E-state index contributed by atoms with van der Waals surface area (Å²) in [6.45, 7) is 3.49. The van der Waals surface area contributed by atoms with E-state index in [1.807, 2.05) is 5.32 Å². The number of rotatable bonds is 6. The smallest absolute Gasteiger partial charge is 0.349 e. The van der Waals surface area contributed by atoms with Gasteiger partial charge in [0.05, 0.1) is 0 Å². The molecule has 0 radical (unpaired) electrons. The molecule has 20 heavy (non-hydrogen) atoms. The monoisotopic (exact) mass is 285 g/mol. The van der Waals surface area contributed by atoms with Crippen LogP contribution in [0.15, 0.2) is 30.3 Å². The van der Waals surface area contributed by atoms with Crippen molar-refractivity contribution >= 4 is 11.9 Å². The molecule has 0 fully saturated rings. The summed E-state index contributed by atoms with van der Waals surface area (Å²) in [5, 5.41) is 10.8. The van der Waals surface area contributed by atoms with Gasteiger partial charge in [0.15, 0.2) is 0 Å². The first-order chi connectivity index (χ1) is 9.25. The molecule has 110 valence electrons. The van der Waals surface area contributed by atoms with E-state index in [1.54, 1.807) is 19.9 Å². The molecular formula is C14H17F2NO3. The van der Waals surface area contributed by atoms with Crippen LogP contribution in [0.25, 0.3) is 0 Å². The highest BCUT2D eigenvalue weighted by Gasteiger charge is 2.42. The highest BCUT2D eigenvalue weighted by atomic mass is 19.3. The number of hydrogen-bond donors (Lipinski definition) is 2. The van der Waals surface area contributed by atoms with Crippen LogP contribution in [0.4, 0.5) is 8.78 Å². The SMILES string of the molecule is CC(C)C[C@@H](NC(=O)C(F)(F)c1ccccc1)C(=O)O. The van der Waals surface area contributed by atoms with Crippen LogP contribution in [0.2, 0.25) is 0 Å². The molecule has 0 bridgehead atoms. The normalized spacial score (nSPS) is 13.1. The Morgan fingerprint density at radius 2 is 1.80 bits per heavy atom. The third-order valence-electron chi connectivity index (χ3n) is 2.73. The van der Waals surface area contributed by atoms with Gasteiger partial charge in [-0.1, -0.05) is 44.2 Å². The van der Waals surface area contributed by atoms with E-state index in [1.165, 1.54) is 12.1 Å². The zero-order chi connectivity index (χ0) is 15.3. The molecule has 4 nitrogen and oxygen atoms in total. The molecule has 0 aliphatic carbocycles. The Kier molecular flexibility index (Phi) is 5.19. The maximum absolute atomic E-state index is 13.9. The van der Waals surface area contributed by atoms with Gasteiger partial charge in [-0.15, -0.1) is 0 Å². The van der Waals surface area contributed by atoms with Gasteiger partial charge in [0.1, 0.15) is 6.04 Å². The predicted octanol–water partition coefficient (Wildman–Crippen LogP) is 2.39. The lowest BCUT2D eigenvalue weighted by Crippen LogP contribution is -2.47. The van der Waals surface area contributed by atoms with Gasteiger partial charge in [-0.05, 0) is 12.3 Å². The number of nitrogens with one attached hydrogen (secondary N) is 1. The van der Waals surface area contributed by atoms with Crippen LogP contribution in [-0.4, -0.2) is 23.0 Å². The number of carbonyl (C=O) groups excluding carboxylic acids is 1. The fourth-order valence-electron chi connectivity index (χ4n) is 1.72. The Morgan fingerprint density at radius 3 is 2.25 bits per heavy atom. The van der Waals surface area contributed by atoms with Crippen molar-refractivity contribution in [2.24, 2.45) is 5.92 Å². The number of carbonyl (C=O) groups is 2. The molecule has 0 saturated carbocycles. The zero-order valence-electron chi connectivity index (χ0n) is 11.3. The van der Waals surface area contributed by atoms with Crippen LogP contribution in [0.5, 0.6) is 0 Å². The lowest BCUT2D eigenvalue weighted by atomic mass is 10.0. The molecule has 0 spiro atoms. The Morgan fingerprint density at radius 1 is 1.25 bits per heavy atom. The second-order valence-electron chi connectivity index (χ2n) is 4.93. The summed E-state index contributed by atoms with van der Waals surface area (Å²) >= 11 is 0. The molecule has 1 amide bonds. The van der Waals surface area contributed by atoms with Crippen molar-refractivity contribution in [2.45, 2.75) is 32.2 Å². The summed E-state index contributed by atoms with van der Waals surface area (Å²) in [5.74, 6) is -6.72. The van der Waals surface area contributed by atoms with Crippen LogP contribution in [-0.2, 0) is 15.5 Å². The molecule has 0 unspecified atom stereocenters. The van der Waals surface area contributed by atoms with E-state index < -0.39 is 29.4 Å². The Hall–Kier alpha value is -1.98. The minimum absolute atomic E-state index is 0.0400. The van der Waals surface area contributed by atoms with Crippen molar-refractivity contribution < 1.29 is 23.5 Å². The lowest BCUT2D eigenvalue weighted by molar-refractivity contribution is -0.152. The second kappa shape index (κ2) is 6.45. The molecule has 1 aromatic rings. The van der Waals surface area contributed by atoms with E-state index in [9.17, 15) is 18.4 Å². The molecule has 0 saturated heterocycles. The van der Waals surface area contributed by atoms with Crippen LogP contribution in [0.1, 0.15) is 25.8 Å². The van der Waals surface area contributed by atoms with Crippen molar-refractivity contribution in [1.82, 2.24) is 5.32 Å². The first-order valence-corrected chi connectivity index (χ1v) is 6.22. The molecule has 6 heteroatoms. The zero-order valence-corrected chi connectivity index (χ0v) is 11.3. The molecule has 0 aliphatic rings. The number of hydrogen-bond acceptors (Lipinski definition) is 2. The van der Waals surface area contributed by atoms with E-state index in [0.717, 1.165) is 12.1 Å². The lowest BCUT2D eigenvalue weighted by Gasteiger charge is -2.21. The van der Waals surface area contributed by atoms with E-state index >= 15 is 0 Å². The number of carboxylic acid groups (broad SMARTS) is 1. The van der Waals surface area contributed by atoms with Gasteiger partial charge in [-0.25, -0.2) is 4.79 Å². The molecule has 1 atom stereocenters. The van der Waals surface area contributed by atoms with Crippen LogP contribution in [0.3, 0.4) is 0 Å². The van der Waals surface area contributed by atoms with Gasteiger partial charge in [-0.3, -0.25) is 4.79 Å². The first-order valence-electron chi connectivity index (χ1n) is 6.22. The summed E-state index contributed by atoms with van der Waals surface area (Å²) < 4.78 is 27.8. The predicted molar refractivity (Wildman–Crippen MR) is 69.4 cm³/mol. The standard InChI is InChI=1S/C14H17F2NO3/c1-9(2)8-11(12(18)19)17-13(20)14(15,16)10-6-4-3-5-7-10/h3-7,9,11H,8H2,1-2H3,(H,17,20)(H,18,19)/t11-/m1/s1. The summed E-state index contributed by atoms with van der Waals surface area (Å²) in [7, 11) is 0. The second-order valence-corrected chi connectivity index (χ2v) is 4.93. The molecule has 0 heterocycles. The maximum atomic E-state index is 13.9. The van der Waals surface area contributed by atoms with Gasteiger partial charge >= 0.3 is 11.9 Å². The minimum Gasteiger partial charge on any atom is -0.480 e. The van der Waals surface area contributed by atoms with E-state index in [0.29, 0.717) is 0 Å². The van der Waals surface area contributed by atoms with Crippen molar-refractivity contribution in [3.63, 3.8) is 0 Å². The quantitative estimate of drug-likeness (QED) is 0.843. The fourth-order valence-corrected chi connectivity index (χ4v) is 1.72. The van der Waals surface area contributed by atoms with Crippen molar-refractivity contribution in [3.05, 3.63) is 35.9 Å². The first kappa shape index (κ1) is 16.1. The van der Waals surface area contributed by atoms with Crippen molar-refractivity contribution in [1.29, 1.82) is 0 Å². The summed E-state index contributed by atoms with van der Waals surface area (Å²) in [5.41, 5.74) is -0.466. The highest BCUT2D eigenvalue weighted by molar-refractivity contribution is 5.88. The van der Waals surface area contributed by atoms with Gasteiger partial charge in [0, 0.05) is 5.56 Å². The number of amides is 1. The molecular weight excluding hydrogens is 268 g/mol. The summed E-state index contributed by atoms with van der Waals surface area (Å²) in [6, 6.07) is 5.25. The molecule has 1 aromatic carbocycles. The summed E-state index contributed by atoms with van der Waals surface area (Å²) in [4.78, 5) is 22.6. The van der Waals surface area contributed by atoms with Crippen molar-refractivity contribution in [3.8, 4) is 0 Å². The van der Waals surface area contributed by atoms with Gasteiger partial charge in [0.25, 0.3) is 5.91 Å². The number of aliphatic carboxylic acids is 1. The molecule has 2 N–H and O–H groups in total. The Labute approximate surface area is 115 Å². The highest BCUT2D eigenvalue weighted by Crippen LogP contribution is 2.28. The molecule has 1 rings (SSSR count). The third kappa shape index (κ3) is 4.01. The van der Waals surface area contributed by atoms with E-state index in [-0.39, 0.29) is 12.3 Å².